The molecule has 0 bridgehead atoms. The number of nitrogens with one attached hydrogen (secondary N) is 2. The van der Waals surface area contributed by atoms with Gasteiger partial charge < -0.3 is 10.6 Å². The van der Waals surface area contributed by atoms with Crippen molar-refractivity contribution in [2.45, 2.75) is 44.4 Å². The molecule has 0 saturated heterocycles. The summed E-state index contributed by atoms with van der Waals surface area (Å²) in [5.41, 5.74) is 5.15. The van der Waals surface area contributed by atoms with Crippen LogP contribution in [0.1, 0.15) is 40.5 Å². The van der Waals surface area contributed by atoms with E-state index in [0.29, 0.717) is 21.6 Å². The standard InChI is InChI=1S/C22H23N5OS3/c1-12-7-8-15-16(10-23)20(30-18(15)9-12)25-19(28)11-29-22-27-26-21(31-22)24-17-6-4-5-13(2)14(17)3/h4-6,12H,7-9,11H2,1-3H3,(H,24,26)(H,25,28). The lowest BCUT2D eigenvalue weighted by atomic mass is 9.89. The van der Waals surface area contributed by atoms with Gasteiger partial charge in [0.05, 0.1) is 11.3 Å². The van der Waals surface area contributed by atoms with E-state index >= 15 is 0 Å². The number of nitrogens with zero attached hydrogens (tertiary/aromatic N) is 3. The molecular weight excluding hydrogens is 446 g/mol. The van der Waals surface area contributed by atoms with Crippen molar-refractivity contribution in [2.24, 2.45) is 5.92 Å². The van der Waals surface area contributed by atoms with E-state index in [1.807, 2.05) is 12.1 Å². The maximum absolute atomic E-state index is 12.5. The van der Waals surface area contributed by atoms with Crippen LogP contribution in [0.4, 0.5) is 15.8 Å². The highest BCUT2D eigenvalue weighted by Crippen LogP contribution is 2.39. The zero-order chi connectivity index (χ0) is 22.0. The molecule has 2 heterocycles. The van der Waals surface area contributed by atoms with Gasteiger partial charge in [-0.2, -0.15) is 5.26 Å². The Labute approximate surface area is 194 Å². The average molecular weight is 470 g/mol. The fraction of sp³-hybridized carbons (Fsp3) is 0.364. The molecule has 1 aliphatic rings. The van der Waals surface area contributed by atoms with E-state index in [1.54, 1.807) is 11.3 Å². The van der Waals surface area contributed by atoms with E-state index in [1.165, 1.54) is 39.1 Å². The number of rotatable bonds is 6. The number of carbonyl (C=O) groups excluding carboxylic acids is 1. The van der Waals surface area contributed by atoms with Crippen molar-refractivity contribution in [3.8, 4) is 6.07 Å². The van der Waals surface area contributed by atoms with Crippen LogP contribution in [0.3, 0.4) is 0 Å². The molecule has 0 saturated carbocycles. The number of amides is 1. The summed E-state index contributed by atoms with van der Waals surface area (Å²) < 4.78 is 0.725. The lowest BCUT2D eigenvalue weighted by molar-refractivity contribution is -0.113. The smallest absolute Gasteiger partial charge is 0.235 e. The Bertz CT molecular complexity index is 1160. The van der Waals surface area contributed by atoms with Gasteiger partial charge in [0.15, 0.2) is 4.34 Å². The number of fused-ring (bicyclic) bond motifs is 1. The van der Waals surface area contributed by atoms with Crippen molar-refractivity contribution < 1.29 is 4.79 Å². The molecule has 0 fully saturated rings. The van der Waals surface area contributed by atoms with Crippen molar-refractivity contribution in [3.63, 3.8) is 0 Å². The summed E-state index contributed by atoms with van der Waals surface area (Å²) >= 11 is 4.32. The predicted molar refractivity (Wildman–Crippen MR) is 129 cm³/mol. The number of aromatic nitrogens is 2. The van der Waals surface area contributed by atoms with Gasteiger partial charge in [-0.25, -0.2) is 0 Å². The molecule has 2 N–H and O–H groups in total. The van der Waals surface area contributed by atoms with Crippen molar-refractivity contribution in [2.75, 3.05) is 16.4 Å². The normalized spacial score (nSPS) is 15.2. The first-order chi connectivity index (χ1) is 14.9. The van der Waals surface area contributed by atoms with Crippen LogP contribution in [0.15, 0.2) is 22.5 Å². The van der Waals surface area contributed by atoms with Crippen LogP contribution in [-0.2, 0) is 17.6 Å². The lowest BCUT2D eigenvalue weighted by Crippen LogP contribution is -2.14. The minimum atomic E-state index is -0.132. The summed E-state index contributed by atoms with van der Waals surface area (Å²) in [6.07, 6.45) is 3.00. The number of benzene rings is 1. The molecule has 9 heteroatoms. The Morgan fingerprint density at radius 3 is 2.97 bits per heavy atom. The predicted octanol–water partition coefficient (Wildman–Crippen LogP) is 5.69. The number of carbonyl (C=O) groups is 1. The molecule has 3 aromatic rings. The first-order valence-corrected chi connectivity index (χ1v) is 12.7. The number of hydrogen-bond donors (Lipinski definition) is 2. The minimum Gasteiger partial charge on any atom is -0.330 e. The Kier molecular flexibility index (Phi) is 6.60. The van der Waals surface area contributed by atoms with Crippen molar-refractivity contribution in [1.82, 2.24) is 10.2 Å². The van der Waals surface area contributed by atoms with Crippen molar-refractivity contribution in [3.05, 3.63) is 45.3 Å². The summed E-state index contributed by atoms with van der Waals surface area (Å²) in [6, 6.07) is 8.38. The highest BCUT2D eigenvalue weighted by Gasteiger charge is 2.24. The summed E-state index contributed by atoms with van der Waals surface area (Å²) in [6.45, 7) is 6.37. The van der Waals surface area contributed by atoms with Gasteiger partial charge in [0.2, 0.25) is 11.0 Å². The summed E-state index contributed by atoms with van der Waals surface area (Å²) in [5.74, 6) is 0.718. The van der Waals surface area contributed by atoms with Crippen LogP contribution < -0.4 is 10.6 Å². The second-order valence-corrected chi connectivity index (χ2v) is 11.1. The zero-order valence-electron chi connectivity index (χ0n) is 17.6. The van der Waals surface area contributed by atoms with E-state index in [2.05, 4.69) is 53.7 Å². The van der Waals surface area contributed by atoms with Gasteiger partial charge in [-0.15, -0.1) is 21.5 Å². The van der Waals surface area contributed by atoms with Crippen LogP contribution in [0.5, 0.6) is 0 Å². The Hall–Kier alpha value is -2.41. The summed E-state index contributed by atoms with van der Waals surface area (Å²) in [4.78, 5) is 13.8. The highest BCUT2D eigenvalue weighted by atomic mass is 32.2. The maximum Gasteiger partial charge on any atom is 0.235 e. The molecule has 4 rings (SSSR count). The Balaban J connectivity index is 1.36. The van der Waals surface area contributed by atoms with Crippen LogP contribution in [0.2, 0.25) is 0 Å². The van der Waals surface area contributed by atoms with E-state index in [9.17, 15) is 10.1 Å². The number of nitriles is 1. The van der Waals surface area contributed by atoms with Gasteiger partial charge in [0, 0.05) is 10.6 Å². The fourth-order valence-corrected chi connectivity index (χ4v) is 6.51. The number of thiophene rings is 1. The molecular formula is C22H23N5OS3. The molecule has 0 radical (unpaired) electrons. The third-order valence-electron chi connectivity index (χ3n) is 5.46. The molecule has 1 amide bonds. The first kappa shape index (κ1) is 21.8. The van der Waals surface area contributed by atoms with Gasteiger partial charge in [-0.05, 0) is 61.8 Å². The van der Waals surface area contributed by atoms with Gasteiger partial charge in [0.1, 0.15) is 11.1 Å². The number of aryl methyl sites for hydroxylation is 1. The molecule has 6 nitrogen and oxygen atoms in total. The molecule has 2 aromatic heterocycles. The van der Waals surface area contributed by atoms with Crippen molar-refractivity contribution in [1.29, 1.82) is 5.26 Å². The second kappa shape index (κ2) is 9.39. The topological polar surface area (TPSA) is 90.7 Å². The highest BCUT2D eigenvalue weighted by molar-refractivity contribution is 8.01. The average Bonchev–Trinajstić information content (AvgIpc) is 3.33. The largest absolute Gasteiger partial charge is 0.330 e. The number of hydrogen-bond acceptors (Lipinski definition) is 8. The van der Waals surface area contributed by atoms with Gasteiger partial charge in [-0.3, -0.25) is 4.79 Å². The molecule has 1 atom stereocenters. The van der Waals surface area contributed by atoms with Crippen LogP contribution >= 0.6 is 34.4 Å². The Morgan fingerprint density at radius 1 is 1.32 bits per heavy atom. The van der Waals surface area contributed by atoms with Gasteiger partial charge in [0.25, 0.3) is 0 Å². The van der Waals surface area contributed by atoms with E-state index in [4.69, 9.17) is 0 Å². The summed E-state index contributed by atoms with van der Waals surface area (Å²) in [7, 11) is 0. The maximum atomic E-state index is 12.5. The minimum absolute atomic E-state index is 0.132. The van der Waals surface area contributed by atoms with Crippen LogP contribution in [0.25, 0.3) is 0 Å². The van der Waals surface area contributed by atoms with E-state index < -0.39 is 0 Å². The lowest BCUT2D eigenvalue weighted by Gasteiger charge is -2.17. The molecule has 0 spiro atoms. The van der Waals surface area contributed by atoms with Crippen molar-refractivity contribution >= 4 is 56.2 Å². The molecule has 0 aliphatic heterocycles. The van der Waals surface area contributed by atoms with Gasteiger partial charge >= 0.3 is 0 Å². The molecule has 1 aliphatic carbocycles. The number of thioether (sulfide) groups is 1. The Morgan fingerprint density at radius 2 is 2.16 bits per heavy atom. The monoisotopic (exact) mass is 469 g/mol. The fourth-order valence-electron chi connectivity index (χ4n) is 3.57. The molecule has 160 valence electrons. The van der Waals surface area contributed by atoms with Gasteiger partial charge in [-0.1, -0.05) is 42.2 Å². The SMILES string of the molecule is Cc1cccc(Nc2nnc(SCC(=O)Nc3sc4c(c3C#N)CCC(C)C4)s2)c1C. The molecule has 31 heavy (non-hydrogen) atoms. The van der Waals surface area contributed by atoms with E-state index in [0.717, 1.165) is 34.9 Å². The third-order valence-corrected chi connectivity index (χ3v) is 8.60. The number of anilines is 3. The third kappa shape index (κ3) is 4.92. The quantitative estimate of drug-likeness (QED) is 0.451. The van der Waals surface area contributed by atoms with E-state index in [-0.39, 0.29) is 11.7 Å². The summed E-state index contributed by atoms with van der Waals surface area (Å²) in [5, 5.41) is 25.6. The zero-order valence-corrected chi connectivity index (χ0v) is 20.1. The van der Waals surface area contributed by atoms with Crippen LogP contribution in [-0.4, -0.2) is 21.9 Å². The second-order valence-electron chi connectivity index (χ2n) is 7.75. The first-order valence-electron chi connectivity index (χ1n) is 10.1. The molecule has 1 aromatic carbocycles. The van der Waals surface area contributed by atoms with Crippen LogP contribution in [0, 0.1) is 31.1 Å². The molecule has 1 unspecified atom stereocenters.